The van der Waals surface area contributed by atoms with Crippen LogP contribution in [0.25, 0.3) is 11.5 Å². The van der Waals surface area contributed by atoms with Crippen molar-refractivity contribution >= 4 is 5.91 Å². The van der Waals surface area contributed by atoms with Gasteiger partial charge in [-0.2, -0.15) is 0 Å². The highest BCUT2D eigenvalue weighted by atomic mass is 16.3. The molecular formula is C17H21N3O3. The summed E-state index contributed by atoms with van der Waals surface area (Å²) >= 11 is 0. The van der Waals surface area contributed by atoms with Crippen molar-refractivity contribution in [3.8, 4) is 11.5 Å². The van der Waals surface area contributed by atoms with Gasteiger partial charge < -0.3 is 20.5 Å². The van der Waals surface area contributed by atoms with Crippen LogP contribution in [-0.4, -0.2) is 23.5 Å². The van der Waals surface area contributed by atoms with E-state index in [0.717, 1.165) is 25.7 Å². The van der Waals surface area contributed by atoms with Gasteiger partial charge in [0, 0.05) is 6.04 Å². The molecule has 0 bridgehead atoms. The second kappa shape index (κ2) is 6.83. The molecule has 2 heterocycles. The number of hydrogen-bond donors (Lipinski definition) is 3. The number of H-pyrrole nitrogens is 1. The second-order valence-corrected chi connectivity index (χ2v) is 5.95. The molecule has 2 unspecified atom stereocenters. The summed E-state index contributed by atoms with van der Waals surface area (Å²) in [7, 11) is 0. The Hall–Kier alpha value is -2.34. The molecule has 4 N–H and O–H groups in total. The third kappa shape index (κ3) is 3.37. The lowest BCUT2D eigenvalue weighted by molar-refractivity contribution is 0.0906. The van der Waals surface area contributed by atoms with Gasteiger partial charge in [0.15, 0.2) is 0 Å². The predicted molar refractivity (Wildman–Crippen MR) is 87.0 cm³/mol. The molecule has 0 radical (unpaired) electrons. The molecule has 6 nitrogen and oxygen atoms in total. The molecule has 23 heavy (non-hydrogen) atoms. The quantitative estimate of drug-likeness (QED) is 0.802. The van der Waals surface area contributed by atoms with Gasteiger partial charge in [0.1, 0.15) is 11.3 Å². The highest BCUT2D eigenvalue weighted by Crippen LogP contribution is 2.23. The van der Waals surface area contributed by atoms with Gasteiger partial charge in [-0.1, -0.05) is 12.8 Å². The summed E-state index contributed by atoms with van der Waals surface area (Å²) < 4.78 is 5.24. The molecule has 6 heteroatoms. The Morgan fingerprint density at radius 1 is 1.30 bits per heavy atom. The Bertz CT molecular complexity index is 721. The molecule has 0 aromatic carbocycles. The van der Waals surface area contributed by atoms with Crippen LogP contribution in [0.2, 0.25) is 0 Å². The van der Waals surface area contributed by atoms with E-state index in [4.69, 9.17) is 10.2 Å². The number of carbonyl (C=O) groups is 1. The van der Waals surface area contributed by atoms with E-state index >= 15 is 0 Å². The third-order valence-electron chi connectivity index (χ3n) is 4.47. The molecule has 1 aliphatic carbocycles. The zero-order chi connectivity index (χ0) is 16.2. The average Bonchev–Trinajstić information content (AvgIpc) is 3.09. The van der Waals surface area contributed by atoms with E-state index in [-0.39, 0.29) is 23.4 Å². The van der Waals surface area contributed by atoms with Gasteiger partial charge >= 0.3 is 0 Å². The van der Waals surface area contributed by atoms with Crippen molar-refractivity contribution in [2.24, 2.45) is 11.7 Å². The van der Waals surface area contributed by atoms with Crippen LogP contribution >= 0.6 is 0 Å². The first kappa shape index (κ1) is 15.6. The van der Waals surface area contributed by atoms with Crippen LogP contribution in [0.1, 0.15) is 36.0 Å². The largest absolute Gasteiger partial charge is 0.463 e. The molecule has 2 aromatic rings. The summed E-state index contributed by atoms with van der Waals surface area (Å²) in [6, 6.07) is 6.75. The number of pyridine rings is 1. The number of aromatic nitrogens is 1. The van der Waals surface area contributed by atoms with E-state index in [0.29, 0.717) is 18.0 Å². The number of nitrogens with two attached hydrogens (primary N) is 1. The van der Waals surface area contributed by atoms with Gasteiger partial charge in [0.25, 0.3) is 11.5 Å². The summed E-state index contributed by atoms with van der Waals surface area (Å²) in [6.45, 7) is 0.554. The number of rotatable bonds is 4. The number of furan rings is 1. The predicted octanol–water partition coefficient (Wildman–Crippen LogP) is 1.88. The smallest absolute Gasteiger partial charge is 0.261 e. The molecule has 122 valence electrons. The van der Waals surface area contributed by atoms with Crippen molar-refractivity contribution in [2.45, 2.75) is 31.7 Å². The van der Waals surface area contributed by atoms with Crippen molar-refractivity contribution in [1.82, 2.24) is 10.3 Å². The summed E-state index contributed by atoms with van der Waals surface area (Å²) in [4.78, 5) is 27.3. The minimum atomic E-state index is -0.420. The maximum Gasteiger partial charge on any atom is 0.261 e. The van der Waals surface area contributed by atoms with Gasteiger partial charge in [-0.25, -0.2) is 0 Å². The van der Waals surface area contributed by atoms with Crippen molar-refractivity contribution in [3.05, 3.63) is 46.4 Å². The second-order valence-electron chi connectivity index (χ2n) is 5.95. The lowest BCUT2D eigenvalue weighted by atomic mass is 9.84. The van der Waals surface area contributed by atoms with Crippen LogP contribution in [-0.2, 0) is 0 Å². The molecule has 0 saturated heterocycles. The zero-order valence-electron chi connectivity index (χ0n) is 12.9. The monoisotopic (exact) mass is 315 g/mol. The molecule has 2 aromatic heterocycles. The fourth-order valence-electron chi connectivity index (χ4n) is 3.15. The van der Waals surface area contributed by atoms with Crippen LogP contribution in [0.15, 0.2) is 39.7 Å². The van der Waals surface area contributed by atoms with E-state index in [1.807, 2.05) is 0 Å². The maximum atomic E-state index is 12.4. The Morgan fingerprint density at radius 2 is 2.13 bits per heavy atom. The fourth-order valence-corrected chi connectivity index (χ4v) is 3.15. The molecular weight excluding hydrogens is 294 g/mol. The van der Waals surface area contributed by atoms with Crippen molar-refractivity contribution in [2.75, 3.05) is 6.54 Å². The van der Waals surface area contributed by atoms with Gasteiger partial charge in [-0.15, -0.1) is 0 Å². The molecule has 1 saturated carbocycles. The Kier molecular flexibility index (Phi) is 4.62. The Labute approximate surface area is 134 Å². The normalized spacial score (nSPS) is 21.1. The van der Waals surface area contributed by atoms with Crippen LogP contribution in [0.3, 0.4) is 0 Å². The molecule has 1 amide bonds. The fraction of sp³-hybridized carbons (Fsp3) is 0.412. The average molecular weight is 315 g/mol. The molecule has 0 spiro atoms. The van der Waals surface area contributed by atoms with E-state index in [9.17, 15) is 9.59 Å². The van der Waals surface area contributed by atoms with Crippen LogP contribution in [0, 0.1) is 5.92 Å². The van der Waals surface area contributed by atoms with Crippen molar-refractivity contribution in [1.29, 1.82) is 0 Å². The minimum absolute atomic E-state index is 0.0467. The topological polar surface area (TPSA) is 101 Å². The van der Waals surface area contributed by atoms with Crippen molar-refractivity contribution in [3.63, 3.8) is 0 Å². The summed E-state index contributed by atoms with van der Waals surface area (Å²) in [5.41, 5.74) is 6.03. The molecule has 0 aliphatic heterocycles. The SMILES string of the molecule is NCC1CCCCC1NC(=O)c1ccc(-c2ccco2)[nH]c1=O. The standard InChI is InChI=1S/C17H21N3O3/c18-10-11-4-1-2-5-13(11)19-16(21)12-7-8-14(20-17(12)22)15-6-3-9-23-15/h3,6-9,11,13H,1-2,4-5,10,18H2,(H,19,21)(H,20,22). The van der Waals surface area contributed by atoms with Crippen LogP contribution < -0.4 is 16.6 Å². The first-order valence-corrected chi connectivity index (χ1v) is 7.97. The molecule has 3 rings (SSSR count). The van der Waals surface area contributed by atoms with Crippen LogP contribution in [0.5, 0.6) is 0 Å². The highest BCUT2D eigenvalue weighted by molar-refractivity contribution is 5.94. The van der Waals surface area contributed by atoms with Gasteiger partial charge in [0.05, 0.1) is 12.0 Å². The van der Waals surface area contributed by atoms with Gasteiger partial charge in [0.2, 0.25) is 0 Å². The zero-order valence-corrected chi connectivity index (χ0v) is 12.9. The van der Waals surface area contributed by atoms with E-state index < -0.39 is 5.56 Å². The molecule has 1 aliphatic rings. The summed E-state index contributed by atoms with van der Waals surface area (Å²) in [6.07, 6.45) is 5.69. The third-order valence-corrected chi connectivity index (χ3v) is 4.47. The number of nitrogens with one attached hydrogen (secondary N) is 2. The molecule has 2 atom stereocenters. The van der Waals surface area contributed by atoms with Crippen molar-refractivity contribution < 1.29 is 9.21 Å². The Balaban J connectivity index is 1.76. The van der Waals surface area contributed by atoms with Gasteiger partial charge in [-0.05, 0) is 49.6 Å². The number of carbonyl (C=O) groups excluding carboxylic acids is 1. The van der Waals surface area contributed by atoms with E-state index in [1.165, 1.54) is 12.3 Å². The van der Waals surface area contributed by atoms with Gasteiger partial charge in [-0.3, -0.25) is 9.59 Å². The number of aromatic amines is 1. The van der Waals surface area contributed by atoms with E-state index in [2.05, 4.69) is 10.3 Å². The van der Waals surface area contributed by atoms with Crippen LogP contribution in [0.4, 0.5) is 0 Å². The number of hydrogen-bond acceptors (Lipinski definition) is 4. The first-order valence-electron chi connectivity index (χ1n) is 7.97. The molecule has 1 fully saturated rings. The maximum absolute atomic E-state index is 12.4. The first-order chi connectivity index (χ1) is 11.2. The minimum Gasteiger partial charge on any atom is -0.463 e. The summed E-state index contributed by atoms with van der Waals surface area (Å²) in [5.74, 6) is 0.501. The van der Waals surface area contributed by atoms with E-state index in [1.54, 1.807) is 18.2 Å². The lowest BCUT2D eigenvalue weighted by Gasteiger charge is -2.31. The Morgan fingerprint density at radius 3 is 2.83 bits per heavy atom. The summed E-state index contributed by atoms with van der Waals surface area (Å²) in [5, 5.41) is 2.97. The lowest BCUT2D eigenvalue weighted by Crippen LogP contribution is -2.45. The number of amides is 1. The highest BCUT2D eigenvalue weighted by Gasteiger charge is 2.26.